The summed E-state index contributed by atoms with van der Waals surface area (Å²) in [6.45, 7) is 2.01. The van der Waals surface area contributed by atoms with E-state index in [1.165, 1.54) is 0 Å². The smallest absolute Gasteiger partial charge is 0.149 e. The van der Waals surface area contributed by atoms with Gasteiger partial charge in [0.25, 0.3) is 0 Å². The zero-order chi connectivity index (χ0) is 15.7. The van der Waals surface area contributed by atoms with E-state index >= 15 is 0 Å². The molecule has 0 spiro atoms. The monoisotopic (exact) mass is 353 g/mol. The Morgan fingerprint density at radius 1 is 1.32 bits per heavy atom. The van der Waals surface area contributed by atoms with E-state index in [0.29, 0.717) is 15.9 Å². The minimum absolute atomic E-state index is 0.162. The van der Waals surface area contributed by atoms with Crippen molar-refractivity contribution in [3.8, 4) is 11.8 Å². The summed E-state index contributed by atoms with van der Waals surface area (Å²) >= 11 is 3.26. The van der Waals surface area contributed by atoms with Crippen LogP contribution in [0.1, 0.15) is 17.0 Å². The molecule has 0 fully saturated rings. The van der Waals surface area contributed by atoms with Gasteiger partial charge in [-0.25, -0.2) is 4.98 Å². The first-order chi connectivity index (χ1) is 10.6. The minimum atomic E-state index is 0.162. The average Bonchev–Trinajstić information content (AvgIpc) is 2.91. The Labute approximate surface area is 135 Å². The molecule has 5 heteroatoms. The molecule has 4 nitrogen and oxygen atoms in total. The predicted octanol–water partition coefficient (Wildman–Crippen LogP) is 4.40. The number of rotatable bonds is 2. The summed E-state index contributed by atoms with van der Waals surface area (Å²) in [6.07, 6.45) is 1.73. The highest BCUT2D eigenvalue weighted by Crippen LogP contribution is 2.26. The molecule has 0 radical (unpaired) electrons. The second-order valence-corrected chi connectivity index (χ2v) is 5.84. The predicted molar refractivity (Wildman–Crippen MR) is 90.1 cm³/mol. The van der Waals surface area contributed by atoms with Gasteiger partial charge in [0.2, 0.25) is 0 Å². The number of hydrogen-bond donors (Lipinski definition) is 2. The summed E-state index contributed by atoms with van der Waals surface area (Å²) in [5, 5.41) is 18.9. The van der Waals surface area contributed by atoms with Gasteiger partial charge in [-0.2, -0.15) is 5.26 Å². The number of imidazole rings is 1. The Morgan fingerprint density at radius 3 is 2.86 bits per heavy atom. The van der Waals surface area contributed by atoms with Crippen LogP contribution >= 0.6 is 15.9 Å². The minimum Gasteiger partial charge on any atom is -0.507 e. The molecular formula is C17H12BrN3O. The van der Waals surface area contributed by atoms with E-state index in [9.17, 15) is 10.4 Å². The number of phenols is 1. The molecule has 0 unspecified atom stereocenters. The average molecular weight is 354 g/mol. The number of aromatic nitrogens is 2. The molecule has 108 valence electrons. The lowest BCUT2D eigenvalue weighted by Gasteiger charge is -1.99. The number of H-pyrrole nitrogens is 1. The second kappa shape index (κ2) is 5.66. The van der Waals surface area contributed by atoms with Gasteiger partial charge < -0.3 is 10.1 Å². The normalized spacial score (nSPS) is 11.6. The molecule has 0 bridgehead atoms. The number of halogens is 1. The summed E-state index contributed by atoms with van der Waals surface area (Å²) in [5.41, 5.74) is 4.11. The van der Waals surface area contributed by atoms with Crippen molar-refractivity contribution in [3.63, 3.8) is 0 Å². The van der Waals surface area contributed by atoms with E-state index in [1.807, 2.05) is 25.1 Å². The molecule has 0 atom stereocenters. The number of nitrogens with zero attached hydrogens (tertiary/aromatic N) is 2. The summed E-state index contributed by atoms with van der Waals surface area (Å²) in [7, 11) is 0. The molecule has 3 aromatic rings. The highest BCUT2D eigenvalue weighted by Gasteiger charge is 2.08. The second-order valence-electron chi connectivity index (χ2n) is 4.99. The highest BCUT2D eigenvalue weighted by molar-refractivity contribution is 9.10. The van der Waals surface area contributed by atoms with Crippen LogP contribution in [0.5, 0.6) is 5.75 Å². The van der Waals surface area contributed by atoms with E-state index in [1.54, 1.807) is 24.3 Å². The maximum Gasteiger partial charge on any atom is 0.149 e. The number of aryl methyl sites for hydroxylation is 1. The van der Waals surface area contributed by atoms with Crippen molar-refractivity contribution in [1.29, 1.82) is 5.26 Å². The third-order valence-electron chi connectivity index (χ3n) is 3.30. The lowest BCUT2D eigenvalue weighted by molar-refractivity contribution is 0.472. The molecule has 0 aliphatic heterocycles. The molecule has 0 saturated heterocycles. The number of aromatic hydroxyl groups is 1. The molecule has 0 amide bonds. The fourth-order valence-corrected chi connectivity index (χ4v) is 2.58. The van der Waals surface area contributed by atoms with Gasteiger partial charge in [-0.3, -0.25) is 0 Å². The van der Waals surface area contributed by atoms with E-state index in [4.69, 9.17) is 0 Å². The maximum absolute atomic E-state index is 9.52. The Morgan fingerprint density at radius 2 is 2.14 bits per heavy atom. The van der Waals surface area contributed by atoms with Crippen LogP contribution in [0.3, 0.4) is 0 Å². The summed E-state index contributed by atoms with van der Waals surface area (Å²) in [5.74, 6) is 0.696. The quantitative estimate of drug-likeness (QED) is 0.670. The van der Waals surface area contributed by atoms with Crippen LogP contribution in [0.25, 0.3) is 22.7 Å². The molecule has 2 aromatic carbocycles. The molecule has 0 aliphatic carbocycles. The molecule has 1 heterocycles. The topological polar surface area (TPSA) is 72.7 Å². The molecule has 0 saturated carbocycles. The molecule has 3 rings (SSSR count). The Bertz CT molecular complexity index is 935. The van der Waals surface area contributed by atoms with Gasteiger partial charge in [-0.05, 0) is 64.3 Å². The highest BCUT2D eigenvalue weighted by atomic mass is 79.9. The van der Waals surface area contributed by atoms with Crippen LogP contribution < -0.4 is 0 Å². The van der Waals surface area contributed by atoms with Gasteiger partial charge in [-0.15, -0.1) is 0 Å². The van der Waals surface area contributed by atoms with Crippen molar-refractivity contribution >= 4 is 38.6 Å². The lowest BCUT2D eigenvalue weighted by Crippen LogP contribution is -1.85. The summed E-state index contributed by atoms with van der Waals surface area (Å²) in [6, 6.07) is 13.1. The first kappa shape index (κ1) is 14.4. The zero-order valence-electron chi connectivity index (χ0n) is 11.8. The number of fused-ring (bicyclic) bond motifs is 1. The van der Waals surface area contributed by atoms with Gasteiger partial charge in [-0.1, -0.05) is 12.1 Å². The number of phenolic OH excluding ortho intramolecular Hbond substituents is 1. The fourth-order valence-electron chi connectivity index (χ4n) is 2.18. The van der Waals surface area contributed by atoms with Crippen LogP contribution in [0.15, 0.2) is 40.9 Å². The number of aromatic amines is 1. The van der Waals surface area contributed by atoms with E-state index < -0.39 is 0 Å². The Balaban J connectivity index is 2.07. The maximum atomic E-state index is 9.52. The van der Waals surface area contributed by atoms with Gasteiger partial charge in [0.15, 0.2) is 0 Å². The number of benzene rings is 2. The van der Waals surface area contributed by atoms with E-state index in [0.717, 1.165) is 22.2 Å². The molecule has 1 aromatic heterocycles. The molecule has 0 aliphatic rings. The van der Waals surface area contributed by atoms with Crippen molar-refractivity contribution < 1.29 is 5.11 Å². The van der Waals surface area contributed by atoms with Crippen molar-refractivity contribution in [2.45, 2.75) is 6.92 Å². The number of hydrogen-bond acceptors (Lipinski definition) is 3. The van der Waals surface area contributed by atoms with Gasteiger partial charge >= 0.3 is 0 Å². The van der Waals surface area contributed by atoms with Crippen molar-refractivity contribution in [2.75, 3.05) is 0 Å². The molecule has 22 heavy (non-hydrogen) atoms. The van der Waals surface area contributed by atoms with E-state index in [-0.39, 0.29) is 5.75 Å². The van der Waals surface area contributed by atoms with E-state index in [2.05, 4.69) is 32.0 Å². The summed E-state index contributed by atoms with van der Waals surface area (Å²) in [4.78, 5) is 7.62. The Kier molecular flexibility index (Phi) is 3.70. The van der Waals surface area contributed by atoms with Gasteiger partial charge in [0, 0.05) is 0 Å². The standard InChI is InChI=1S/C17H12BrN3O/c1-10-2-4-14-15(6-10)21-17(20-14)12(9-19)7-11-3-5-16(22)13(18)8-11/h2-8,22H,1H3,(H,20,21)/b12-7+. The molecule has 2 N–H and O–H groups in total. The third-order valence-corrected chi connectivity index (χ3v) is 3.93. The lowest BCUT2D eigenvalue weighted by atomic mass is 10.1. The first-order valence-corrected chi connectivity index (χ1v) is 7.43. The van der Waals surface area contributed by atoms with Crippen molar-refractivity contribution in [1.82, 2.24) is 9.97 Å². The van der Waals surface area contributed by atoms with Crippen LogP contribution in [0, 0.1) is 18.3 Å². The SMILES string of the molecule is Cc1ccc2nc(/C(C#N)=C/c3ccc(O)c(Br)c3)[nH]c2c1. The number of nitriles is 1. The van der Waals surface area contributed by atoms with Crippen molar-refractivity contribution in [3.05, 3.63) is 57.8 Å². The van der Waals surface area contributed by atoms with Gasteiger partial charge in [0.05, 0.1) is 21.1 Å². The van der Waals surface area contributed by atoms with Crippen LogP contribution in [0.2, 0.25) is 0 Å². The Hall–Kier alpha value is -2.58. The molecular weight excluding hydrogens is 342 g/mol. The summed E-state index contributed by atoms with van der Waals surface area (Å²) < 4.78 is 0.582. The van der Waals surface area contributed by atoms with Crippen LogP contribution in [0.4, 0.5) is 0 Å². The van der Waals surface area contributed by atoms with Crippen LogP contribution in [-0.4, -0.2) is 15.1 Å². The van der Waals surface area contributed by atoms with Crippen molar-refractivity contribution in [2.24, 2.45) is 0 Å². The zero-order valence-corrected chi connectivity index (χ0v) is 13.3. The fraction of sp³-hybridized carbons (Fsp3) is 0.0588. The third kappa shape index (κ3) is 2.74. The number of nitrogens with one attached hydrogen (secondary N) is 1. The number of allylic oxidation sites excluding steroid dienone is 1. The van der Waals surface area contributed by atoms with Crippen LogP contribution in [-0.2, 0) is 0 Å². The first-order valence-electron chi connectivity index (χ1n) is 6.64. The largest absolute Gasteiger partial charge is 0.507 e. The van der Waals surface area contributed by atoms with Gasteiger partial charge in [0.1, 0.15) is 17.6 Å².